The van der Waals surface area contributed by atoms with Crippen molar-refractivity contribution in [2.24, 2.45) is 0 Å². The summed E-state index contributed by atoms with van der Waals surface area (Å²) in [5, 5.41) is 13.6. The van der Waals surface area contributed by atoms with E-state index < -0.39 is 0 Å². The van der Waals surface area contributed by atoms with Crippen molar-refractivity contribution in [3.8, 4) is 11.5 Å². The van der Waals surface area contributed by atoms with Crippen LogP contribution in [0.15, 0.2) is 40.9 Å². The highest BCUT2D eigenvalue weighted by molar-refractivity contribution is 9.10. The number of hydrogen-bond donors (Lipinski definition) is 2. The van der Waals surface area contributed by atoms with Crippen LogP contribution in [0.4, 0.5) is 0 Å². The Bertz CT molecular complexity index is 657. The van der Waals surface area contributed by atoms with Gasteiger partial charge in [0.1, 0.15) is 0 Å². The summed E-state index contributed by atoms with van der Waals surface area (Å²) in [6.45, 7) is 0.941. The predicted molar refractivity (Wildman–Crippen MR) is 87.0 cm³/mol. The lowest BCUT2D eigenvalue weighted by Crippen LogP contribution is -2.31. The van der Waals surface area contributed by atoms with Crippen LogP contribution in [0.5, 0.6) is 11.5 Å². The van der Waals surface area contributed by atoms with Gasteiger partial charge < -0.3 is 15.2 Å². The van der Waals surface area contributed by atoms with Crippen molar-refractivity contribution in [3.05, 3.63) is 57.6 Å². The summed E-state index contributed by atoms with van der Waals surface area (Å²) in [5.74, 6) is 0.757. The Morgan fingerprint density at radius 3 is 2.90 bits per heavy atom. The number of halogens is 1. The summed E-state index contributed by atoms with van der Waals surface area (Å²) >= 11 is 3.60. The third kappa shape index (κ3) is 2.92. The number of phenolic OH excluding ortho intramolecular Hbond substituents is 1. The molecular formula is C17H18BrNO2. The van der Waals surface area contributed by atoms with Crippen LogP contribution in [0.2, 0.25) is 0 Å². The molecule has 2 N–H and O–H groups in total. The molecule has 0 radical (unpaired) electrons. The highest BCUT2D eigenvalue weighted by atomic mass is 79.9. The van der Waals surface area contributed by atoms with Crippen molar-refractivity contribution in [1.82, 2.24) is 5.32 Å². The molecule has 3 rings (SSSR count). The molecule has 2 aromatic carbocycles. The van der Waals surface area contributed by atoms with Gasteiger partial charge >= 0.3 is 0 Å². The molecule has 0 fully saturated rings. The van der Waals surface area contributed by atoms with Crippen LogP contribution < -0.4 is 10.1 Å². The lowest BCUT2D eigenvalue weighted by Gasteiger charge is -2.28. The van der Waals surface area contributed by atoms with E-state index in [9.17, 15) is 5.11 Å². The summed E-state index contributed by atoms with van der Waals surface area (Å²) in [5.41, 5.74) is 3.67. The molecule has 0 bridgehead atoms. The van der Waals surface area contributed by atoms with E-state index >= 15 is 0 Å². The fourth-order valence-corrected chi connectivity index (χ4v) is 3.33. The van der Waals surface area contributed by atoms with Crippen molar-refractivity contribution < 1.29 is 9.84 Å². The minimum Gasteiger partial charge on any atom is -0.504 e. The lowest BCUT2D eigenvalue weighted by molar-refractivity contribution is 0.370. The van der Waals surface area contributed by atoms with Crippen LogP contribution in [0, 0.1) is 0 Å². The quantitative estimate of drug-likeness (QED) is 0.891. The van der Waals surface area contributed by atoms with Crippen LogP contribution >= 0.6 is 15.9 Å². The molecule has 4 heteroatoms. The minimum atomic E-state index is 0.206. The first kappa shape index (κ1) is 14.4. The number of benzene rings is 2. The second-order valence-electron chi connectivity index (χ2n) is 5.28. The van der Waals surface area contributed by atoms with Crippen molar-refractivity contribution in [3.63, 3.8) is 0 Å². The van der Waals surface area contributed by atoms with Crippen LogP contribution in [-0.2, 0) is 12.8 Å². The zero-order valence-corrected chi connectivity index (χ0v) is 13.5. The van der Waals surface area contributed by atoms with Gasteiger partial charge in [-0.05, 0) is 54.3 Å². The topological polar surface area (TPSA) is 41.5 Å². The standard InChI is InChI=1S/C17H18BrNO2/c1-21-17-9-11-6-7-19-15(13(11)10-16(17)20)8-12-4-2-3-5-14(12)18/h2-5,9-10,15,19-20H,6-8H2,1H3. The van der Waals surface area contributed by atoms with Crippen LogP contribution in [0.25, 0.3) is 0 Å². The zero-order valence-electron chi connectivity index (χ0n) is 11.9. The van der Waals surface area contributed by atoms with Gasteiger partial charge in [-0.1, -0.05) is 34.1 Å². The molecule has 2 aromatic rings. The smallest absolute Gasteiger partial charge is 0.160 e. The summed E-state index contributed by atoms with van der Waals surface area (Å²) in [6.07, 6.45) is 1.85. The molecule has 21 heavy (non-hydrogen) atoms. The Morgan fingerprint density at radius 2 is 2.14 bits per heavy atom. The maximum atomic E-state index is 10.0. The Labute approximate surface area is 133 Å². The number of methoxy groups -OCH3 is 1. The maximum absolute atomic E-state index is 10.0. The van der Waals surface area contributed by atoms with Gasteiger partial charge in [-0.15, -0.1) is 0 Å². The fourth-order valence-electron chi connectivity index (χ4n) is 2.89. The van der Waals surface area contributed by atoms with E-state index in [1.54, 1.807) is 7.11 Å². The molecule has 1 aliphatic heterocycles. The molecule has 0 aliphatic carbocycles. The summed E-state index contributed by atoms with van der Waals surface area (Å²) < 4.78 is 6.33. The lowest BCUT2D eigenvalue weighted by atomic mass is 9.90. The average molecular weight is 348 g/mol. The largest absolute Gasteiger partial charge is 0.504 e. The number of nitrogens with one attached hydrogen (secondary N) is 1. The van der Waals surface area contributed by atoms with Crippen molar-refractivity contribution >= 4 is 15.9 Å². The average Bonchev–Trinajstić information content (AvgIpc) is 2.49. The third-order valence-corrected chi connectivity index (χ3v) is 4.76. The summed E-state index contributed by atoms with van der Waals surface area (Å²) in [6, 6.07) is 12.3. The minimum absolute atomic E-state index is 0.206. The Balaban J connectivity index is 1.94. The van der Waals surface area contributed by atoms with Crippen LogP contribution in [0.1, 0.15) is 22.7 Å². The number of rotatable bonds is 3. The van der Waals surface area contributed by atoms with Crippen LogP contribution in [-0.4, -0.2) is 18.8 Å². The highest BCUT2D eigenvalue weighted by Gasteiger charge is 2.22. The Hall–Kier alpha value is -1.52. The highest BCUT2D eigenvalue weighted by Crippen LogP contribution is 2.36. The Kier molecular flexibility index (Phi) is 4.17. The fraction of sp³-hybridized carbons (Fsp3) is 0.294. The maximum Gasteiger partial charge on any atom is 0.160 e. The number of phenols is 1. The van der Waals surface area contributed by atoms with E-state index in [2.05, 4.69) is 39.4 Å². The van der Waals surface area contributed by atoms with Gasteiger partial charge in [0, 0.05) is 10.5 Å². The van der Waals surface area contributed by atoms with Gasteiger partial charge in [0.05, 0.1) is 7.11 Å². The normalized spacial score (nSPS) is 17.3. The monoisotopic (exact) mass is 347 g/mol. The molecule has 0 spiro atoms. The zero-order chi connectivity index (χ0) is 14.8. The number of ether oxygens (including phenoxy) is 1. The molecule has 1 atom stereocenters. The van der Waals surface area contributed by atoms with Crippen LogP contribution in [0.3, 0.4) is 0 Å². The van der Waals surface area contributed by atoms with Gasteiger partial charge in [0.15, 0.2) is 11.5 Å². The first-order valence-electron chi connectivity index (χ1n) is 7.05. The SMILES string of the molecule is COc1cc2c(cc1O)C(Cc1ccccc1Br)NCC2. The molecule has 0 saturated carbocycles. The first-order valence-corrected chi connectivity index (χ1v) is 7.85. The molecule has 1 heterocycles. The molecule has 0 aromatic heterocycles. The molecule has 0 saturated heterocycles. The van der Waals surface area contributed by atoms with E-state index in [4.69, 9.17) is 4.74 Å². The van der Waals surface area contributed by atoms with E-state index in [0.717, 1.165) is 29.4 Å². The molecular weight excluding hydrogens is 330 g/mol. The second kappa shape index (κ2) is 6.08. The molecule has 1 aliphatic rings. The van der Waals surface area contributed by atoms with Gasteiger partial charge in [0.2, 0.25) is 0 Å². The van der Waals surface area contributed by atoms with Gasteiger partial charge in [-0.25, -0.2) is 0 Å². The van der Waals surface area contributed by atoms with Gasteiger partial charge in [-0.2, -0.15) is 0 Å². The third-order valence-electron chi connectivity index (χ3n) is 3.98. The molecule has 110 valence electrons. The van der Waals surface area contributed by atoms with E-state index in [1.807, 2.05) is 18.2 Å². The number of aromatic hydroxyl groups is 1. The van der Waals surface area contributed by atoms with Gasteiger partial charge in [-0.3, -0.25) is 0 Å². The molecule has 3 nitrogen and oxygen atoms in total. The van der Waals surface area contributed by atoms with E-state index in [0.29, 0.717) is 5.75 Å². The van der Waals surface area contributed by atoms with E-state index in [1.165, 1.54) is 11.1 Å². The second-order valence-corrected chi connectivity index (χ2v) is 6.13. The Morgan fingerprint density at radius 1 is 1.33 bits per heavy atom. The van der Waals surface area contributed by atoms with Crippen molar-refractivity contribution in [1.29, 1.82) is 0 Å². The van der Waals surface area contributed by atoms with Gasteiger partial charge in [0.25, 0.3) is 0 Å². The first-order chi connectivity index (χ1) is 10.2. The predicted octanol–water partition coefficient (Wildman–Crippen LogP) is 3.59. The number of hydrogen-bond acceptors (Lipinski definition) is 3. The van der Waals surface area contributed by atoms with Crippen molar-refractivity contribution in [2.75, 3.05) is 13.7 Å². The number of fused-ring (bicyclic) bond motifs is 1. The van der Waals surface area contributed by atoms with E-state index in [-0.39, 0.29) is 11.8 Å². The molecule has 0 amide bonds. The van der Waals surface area contributed by atoms with Crippen molar-refractivity contribution in [2.45, 2.75) is 18.9 Å². The summed E-state index contributed by atoms with van der Waals surface area (Å²) in [7, 11) is 1.58. The summed E-state index contributed by atoms with van der Waals surface area (Å²) in [4.78, 5) is 0. The molecule has 1 unspecified atom stereocenters.